The zero-order valence-corrected chi connectivity index (χ0v) is 8.02. The number of aliphatic imine (C=N–C) groups is 1. The number of hydrogen-bond acceptors (Lipinski definition) is 4. The first kappa shape index (κ1) is 9.51. The van der Waals surface area contributed by atoms with Gasteiger partial charge in [-0.2, -0.15) is 0 Å². The molecule has 5 heteroatoms. The minimum Gasteiger partial charge on any atom is -0.373 e. The Morgan fingerprint density at radius 1 is 1.58 bits per heavy atom. The Labute approximate surface area is 73.0 Å². The van der Waals surface area contributed by atoms with E-state index in [2.05, 4.69) is 10.3 Å². The lowest BCUT2D eigenvalue weighted by Gasteiger charge is -2.03. The van der Waals surface area contributed by atoms with E-state index in [1.807, 2.05) is 0 Å². The van der Waals surface area contributed by atoms with Crippen LogP contribution in [0.25, 0.3) is 0 Å². The minimum absolute atomic E-state index is 0.187. The molecular weight excluding hydrogens is 176 g/mol. The summed E-state index contributed by atoms with van der Waals surface area (Å²) in [6.45, 7) is 1.36. The fraction of sp³-hybridized carbons (Fsp3) is 0.857. The lowest BCUT2D eigenvalue weighted by molar-refractivity contribution is 0.600. The van der Waals surface area contributed by atoms with Crippen LogP contribution in [0.2, 0.25) is 0 Å². The molecule has 0 aromatic carbocycles. The molecule has 0 bridgehead atoms. The summed E-state index contributed by atoms with van der Waals surface area (Å²) in [7, 11) is -2.83. The van der Waals surface area contributed by atoms with E-state index in [0.29, 0.717) is 6.54 Å². The van der Waals surface area contributed by atoms with E-state index in [-0.39, 0.29) is 5.75 Å². The van der Waals surface area contributed by atoms with Crippen molar-refractivity contribution < 1.29 is 8.42 Å². The van der Waals surface area contributed by atoms with Gasteiger partial charge < -0.3 is 5.32 Å². The summed E-state index contributed by atoms with van der Waals surface area (Å²) in [4.78, 5) is 4.17. The smallest absolute Gasteiger partial charge is 0.149 e. The van der Waals surface area contributed by atoms with Crippen molar-refractivity contribution >= 4 is 15.7 Å². The van der Waals surface area contributed by atoms with Crippen LogP contribution in [0, 0.1) is 0 Å². The van der Waals surface area contributed by atoms with E-state index < -0.39 is 9.84 Å². The van der Waals surface area contributed by atoms with Gasteiger partial charge in [-0.05, 0) is 6.42 Å². The second-order valence-electron chi connectivity index (χ2n) is 2.99. The molecule has 1 aliphatic rings. The molecule has 0 aliphatic carbocycles. The molecule has 0 spiro atoms. The second kappa shape index (κ2) is 3.89. The van der Waals surface area contributed by atoms with E-state index in [4.69, 9.17) is 0 Å². The van der Waals surface area contributed by atoms with Crippen molar-refractivity contribution in [3.8, 4) is 0 Å². The molecule has 0 saturated heterocycles. The molecule has 1 N–H and O–H groups in total. The first-order valence-corrected chi connectivity index (χ1v) is 6.09. The zero-order chi connectivity index (χ0) is 9.03. The summed E-state index contributed by atoms with van der Waals surface area (Å²) in [6, 6.07) is 0. The van der Waals surface area contributed by atoms with E-state index in [1.54, 1.807) is 0 Å². The molecule has 4 nitrogen and oxygen atoms in total. The van der Waals surface area contributed by atoms with Crippen molar-refractivity contribution in [1.29, 1.82) is 0 Å². The van der Waals surface area contributed by atoms with Crippen LogP contribution in [-0.4, -0.2) is 39.4 Å². The van der Waals surface area contributed by atoms with Crippen LogP contribution in [0.5, 0.6) is 0 Å². The maximum atomic E-state index is 10.7. The molecule has 0 unspecified atom stereocenters. The van der Waals surface area contributed by atoms with Crippen LogP contribution in [-0.2, 0) is 9.84 Å². The van der Waals surface area contributed by atoms with Gasteiger partial charge in [-0.3, -0.25) is 4.99 Å². The van der Waals surface area contributed by atoms with Gasteiger partial charge in [0.1, 0.15) is 9.84 Å². The Kier molecular flexibility index (Phi) is 3.08. The normalized spacial score (nSPS) is 17.6. The summed E-state index contributed by atoms with van der Waals surface area (Å²) in [5, 5.41) is 3.01. The molecule has 0 fully saturated rings. The molecule has 12 heavy (non-hydrogen) atoms. The van der Waals surface area contributed by atoms with Crippen LogP contribution in [0.1, 0.15) is 12.8 Å². The monoisotopic (exact) mass is 190 g/mol. The molecular formula is C7H14N2O2S. The molecule has 0 saturated carbocycles. The van der Waals surface area contributed by atoms with Crippen LogP contribution < -0.4 is 5.32 Å². The quantitative estimate of drug-likeness (QED) is 0.671. The zero-order valence-electron chi connectivity index (χ0n) is 7.21. The molecule has 0 radical (unpaired) electrons. The Morgan fingerprint density at radius 2 is 2.33 bits per heavy atom. The van der Waals surface area contributed by atoms with Crippen molar-refractivity contribution in [2.75, 3.05) is 25.1 Å². The van der Waals surface area contributed by atoms with Gasteiger partial charge in [-0.25, -0.2) is 8.42 Å². The van der Waals surface area contributed by atoms with Crippen molar-refractivity contribution in [3.05, 3.63) is 0 Å². The van der Waals surface area contributed by atoms with Gasteiger partial charge in [-0.1, -0.05) is 0 Å². The van der Waals surface area contributed by atoms with Gasteiger partial charge in [-0.15, -0.1) is 0 Å². The van der Waals surface area contributed by atoms with Crippen LogP contribution >= 0.6 is 0 Å². The van der Waals surface area contributed by atoms with Gasteiger partial charge in [0.15, 0.2) is 0 Å². The number of hydrogen-bond donors (Lipinski definition) is 1. The van der Waals surface area contributed by atoms with E-state index in [1.165, 1.54) is 6.26 Å². The summed E-state index contributed by atoms with van der Waals surface area (Å²) in [5.74, 6) is 1.14. The third-order valence-electron chi connectivity index (χ3n) is 1.68. The Hall–Kier alpha value is -0.580. The molecule has 0 amide bonds. The van der Waals surface area contributed by atoms with Gasteiger partial charge >= 0.3 is 0 Å². The van der Waals surface area contributed by atoms with E-state index in [9.17, 15) is 8.42 Å². The minimum atomic E-state index is -2.83. The molecule has 0 aromatic rings. The molecule has 0 atom stereocenters. The summed E-state index contributed by atoms with van der Waals surface area (Å²) >= 11 is 0. The van der Waals surface area contributed by atoms with E-state index >= 15 is 0 Å². The van der Waals surface area contributed by atoms with Gasteiger partial charge in [0.25, 0.3) is 0 Å². The van der Waals surface area contributed by atoms with Crippen molar-refractivity contribution in [3.63, 3.8) is 0 Å². The average Bonchev–Trinajstić information content (AvgIpc) is 2.36. The average molecular weight is 190 g/mol. The fourth-order valence-corrected chi connectivity index (χ4v) is 1.54. The third-order valence-corrected chi connectivity index (χ3v) is 2.62. The predicted octanol–water partition coefficient (Wildman–Crippen LogP) is -0.187. The Balaban J connectivity index is 2.18. The number of nitrogens with zero attached hydrogens (tertiary/aromatic N) is 1. The SMILES string of the molecule is CS(=O)(=O)CCNC1=NCCC1. The lowest BCUT2D eigenvalue weighted by atomic mass is 10.3. The van der Waals surface area contributed by atoms with Crippen LogP contribution in [0.15, 0.2) is 4.99 Å². The highest BCUT2D eigenvalue weighted by Gasteiger charge is 2.06. The molecule has 1 heterocycles. The maximum Gasteiger partial charge on any atom is 0.149 e. The van der Waals surface area contributed by atoms with Crippen molar-refractivity contribution in [2.45, 2.75) is 12.8 Å². The third kappa shape index (κ3) is 3.71. The van der Waals surface area contributed by atoms with Crippen molar-refractivity contribution in [2.24, 2.45) is 4.99 Å². The predicted molar refractivity (Wildman–Crippen MR) is 49.2 cm³/mol. The summed E-state index contributed by atoms with van der Waals surface area (Å²) in [6.07, 6.45) is 3.29. The first-order valence-electron chi connectivity index (χ1n) is 4.03. The molecule has 0 aromatic heterocycles. The topological polar surface area (TPSA) is 58.5 Å². The van der Waals surface area contributed by atoms with Gasteiger partial charge in [0, 0.05) is 25.8 Å². The van der Waals surface area contributed by atoms with Crippen molar-refractivity contribution in [1.82, 2.24) is 5.32 Å². The van der Waals surface area contributed by atoms with Gasteiger partial charge in [0.05, 0.1) is 11.6 Å². The largest absolute Gasteiger partial charge is 0.373 e. The second-order valence-corrected chi connectivity index (χ2v) is 5.25. The Morgan fingerprint density at radius 3 is 2.83 bits per heavy atom. The summed E-state index contributed by atoms with van der Waals surface area (Å²) in [5.41, 5.74) is 0. The molecule has 70 valence electrons. The molecule has 1 rings (SSSR count). The highest BCUT2D eigenvalue weighted by atomic mass is 32.2. The maximum absolute atomic E-state index is 10.7. The highest BCUT2D eigenvalue weighted by molar-refractivity contribution is 7.90. The lowest BCUT2D eigenvalue weighted by Crippen LogP contribution is -2.27. The van der Waals surface area contributed by atoms with Crippen LogP contribution in [0.3, 0.4) is 0 Å². The van der Waals surface area contributed by atoms with Crippen LogP contribution in [0.4, 0.5) is 0 Å². The van der Waals surface area contributed by atoms with E-state index in [0.717, 1.165) is 25.2 Å². The number of sulfone groups is 1. The number of rotatable bonds is 3. The molecule has 1 aliphatic heterocycles. The Bertz CT molecular complexity index is 269. The standard InChI is InChI=1S/C7H14N2O2S/c1-12(10,11)6-5-9-7-3-2-4-8-7/h2-6H2,1H3,(H,8,9). The first-order chi connectivity index (χ1) is 5.58. The van der Waals surface area contributed by atoms with Gasteiger partial charge in [0.2, 0.25) is 0 Å². The number of nitrogens with one attached hydrogen (secondary N) is 1. The summed E-state index contributed by atoms with van der Waals surface area (Å²) < 4.78 is 21.5. The number of amidine groups is 1. The highest BCUT2D eigenvalue weighted by Crippen LogP contribution is 2.00. The fourth-order valence-electron chi connectivity index (χ4n) is 1.06.